The fraction of sp³-hybridized carbons (Fsp3) is 0.556. The van der Waals surface area contributed by atoms with Gasteiger partial charge in [0.05, 0.1) is 25.2 Å². The number of fused-ring (bicyclic) bond motifs is 1. The summed E-state index contributed by atoms with van der Waals surface area (Å²) in [5.74, 6) is 1.51. The predicted octanol–water partition coefficient (Wildman–Crippen LogP) is 1.52. The molecule has 2 aliphatic rings. The van der Waals surface area contributed by atoms with Gasteiger partial charge in [-0.05, 0) is 26.0 Å². The molecule has 0 spiro atoms. The lowest BCUT2D eigenvalue weighted by molar-refractivity contribution is 0.0733. The van der Waals surface area contributed by atoms with E-state index in [-0.39, 0.29) is 11.8 Å². The van der Waals surface area contributed by atoms with Gasteiger partial charge in [0.2, 0.25) is 17.7 Å². The van der Waals surface area contributed by atoms with Crippen LogP contribution < -0.4 is 4.74 Å². The van der Waals surface area contributed by atoms with Crippen molar-refractivity contribution in [3.8, 4) is 5.88 Å². The van der Waals surface area contributed by atoms with Gasteiger partial charge >= 0.3 is 0 Å². The van der Waals surface area contributed by atoms with E-state index in [0.717, 1.165) is 5.69 Å². The molecule has 0 N–H and O–H groups in total. The highest BCUT2D eigenvalue weighted by molar-refractivity contribution is 5.96. The van der Waals surface area contributed by atoms with Crippen LogP contribution in [0.4, 0.5) is 0 Å². The molecule has 2 aromatic heterocycles. The first-order chi connectivity index (χ1) is 12.5. The van der Waals surface area contributed by atoms with E-state index in [4.69, 9.17) is 13.9 Å². The molecule has 2 aliphatic heterocycles. The molecule has 2 aromatic rings. The number of pyridine rings is 1. The molecule has 2 atom stereocenters. The Morgan fingerprint density at radius 1 is 1.38 bits per heavy atom. The van der Waals surface area contributed by atoms with Gasteiger partial charge in [-0.3, -0.25) is 4.79 Å². The van der Waals surface area contributed by atoms with Crippen molar-refractivity contribution >= 4 is 5.91 Å². The molecule has 2 saturated heterocycles. The largest absolute Gasteiger partial charge is 0.477 e. The maximum Gasteiger partial charge on any atom is 0.259 e. The number of aryl methyl sites for hydroxylation is 2. The molecule has 138 valence electrons. The summed E-state index contributed by atoms with van der Waals surface area (Å²) >= 11 is 0. The van der Waals surface area contributed by atoms with E-state index in [1.54, 1.807) is 13.0 Å². The first-order valence-corrected chi connectivity index (χ1v) is 8.81. The van der Waals surface area contributed by atoms with Crippen LogP contribution >= 0.6 is 0 Å². The second-order valence-corrected chi connectivity index (χ2v) is 6.92. The van der Waals surface area contributed by atoms with E-state index < -0.39 is 5.41 Å². The maximum absolute atomic E-state index is 13.2. The lowest BCUT2D eigenvalue weighted by Gasteiger charge is -2.23. The van der Waals surface area contributed by atoms with E-state index >= 15 is 0 Å². The highest BCUT2D eigenvalue weighted by Gasteiger charge is 2.56. The average Bonchev–Trinajstić information content (AvgIpc) is 3.28. The number of hydrogen-bond donors (Lipinski definition) is 0. The van der Waals surface area contributed by atoms with E-state index in [0.29, 0.717) is 56.1 Å². The van der Waals surface area contributed by atoms with Crippen molar-refractivity contribution in [2.24, 2.45) is 5.92 Å². The molecule has 0 unspecified atom stereocenters. The number of hydrogen-bond acceptors (Lipinski definition) is 7. The van der Waals surface area contributed by atoms with E-state index in [2.05, 4.69) is 15.2 Å². The highest BCUT2D eigenvalue weighted by Crippen LogP contribution is 2.43. The zero-order valence-electron chi connectivity index (χ0n) is 15.2. The molecule has 2 fully saturated rings. The van der Waals surface area contributed by atoms with Crippen molar-refractivity contribution in [2.45, 2.75) is 26.2 Å². The Bertz CT molecular complexity index is 836. The summed E-state index contributed by atoms with van der Waals surface area (Å²) < 4.78 is 17.0. The van der Waals surface area contributed by atoms with Gasteiger partial charge in [0, 0.05) is 31.6 Å². The van der Waals surface area contributed by atoms with Gasteiger partial charge in [-0.15, -0.1) is 10.2 Å². The normalized spacial score (nSPS) is 24.7. The molecule has 0 aliphatic carbocycles. The van der Waals surface area contributed by atoms with Crippen molar-refractivity contribution in [3.05, 3.63) is 35.2 Å². The van der Waals surface area contributed by atoms with Gasteiger partial charge < -0.3 is 18.8 Å². The number of rotatable bonds is 4. The number of amides is 1. The standard InChI is InChI=1S/C18H22N4O4/c1-4-25-15-14(6-5-11(2)19-15)16(23)22-7-13-8-24-10-18(13,9-22)17-21-20-12(3)26-17/h5-6,13H,4,7-10H2,1-3H3/t13-,18-/m0/s1. The van der Waals surface area contributed by atoms with Crippen LogP contribution in [0.1, 0.15) is 34.8 Å². The van der Waals surface area contributed by atoms with Crippen LogP contribution in [0.2, 0.25) is 0 Å². The second kappa shape index (κ2) is 6.35. The second-order valence-electron chi connectivity index (χ2n) is 6.92. The molecule has 4 heterocycles. The van der Waals surface area contributed by atoms with Gasteiger partial charge in [0.25, 0.3) is 5.91 Å². The minimum Gasteiger partial charge on any atom is -0.477 e. The Balaban J connectivity index is 1.63. The number of ether oxygens (including phenoxy) is 2. The van der Waals surface area contributed by atoms with E-state index in [1.165, 1.54) is 0 Å². The molecule has 0 saturated carbocycles. The SMILES string of the molecule is CCOc1nc(C)ccc1C(=O)N1C[C@H]2COC[C@@]2(c2nnc(C)o2)C1. The Morgan fingerprint density at radius 2 is 2.23 bits per heavy atom. The fourth-order valence-corrected chi connectivity index (χ4v) is 3.80. The number of carbonyl (C=O) groups is 1. The van der Waals surface area contributed by atoms with Crippen LogP contribution in [0.5, 0.6) is 5.88 Å². The summed E-state index contributed by atoms with van der Waals surface area (Å²) in [6, 6.07) is 3.61. The lowest BCUT2D eigenvalue weighted by Crippen LogP contribution is -2.37. The van der Waals surface area contributed by atoms with Gasteiger partial charge in [-0.25, -0.2) is 4.98 Å². The van der Waals surface area contributed by atoms with Crippen molar-refractivity contribution in [3.63, 3.8) is 0 Å². The molecule has 4 rings (SSSR count). The molecule has 0 aromatic carbocycles. The zero-order chi connectivity index (χ0) is 18.3. The molecular weight excluding hydrogens is 336 g/mol. The Kier molecular flexibility index (Phi) is 4.14. The maximum atomic E-state index is 13.2. The number of carbonyl (C=O) groups excluding carboxylic acids is 1. The van der Waals surface area contributed by atoms with Gasteiger partial charge in [-0.1, -0.05) is 0 Å². The van der Waals surface area contributed by atoms with Crippen molar-refractivity contribution in [2.75, 3.05) is 32.9 Å². The molecule has 1 amide bonds. The fourth-order valence-electron chi connectivity index (χ4n) is 3.80. The molecule has 26 heavy (non-hydrogen) atoms. The van der Waals surface area contributed by atoms with Crippen molar-refractivity contribution in [1.82, 2.24) is 20.1 Å². The van der Waals surface area contributed by atoms with E-state index in [1.807, 2.05) is 24.8 Å². The average molecular weight is 358 g/mol. The van der Waals surface area contributed by atoms with Gasteiger partial charge in [0.15, 0.2) is 0 Å². The Hall–Kier alpha value is -2.48. The van der Waals surface area contributed by atoms with Crippen LogP contribution in [0, 0.1) is 19.8 Å². The zero-order valence-corrected chi connectivity index (χ0v) is 15.2. The van der Waals surface area contributed by atoms with Gasteiger partial charge in [-0.2, -0.15) is 0 Å². The Morgan fingerprint density at radius 3 is 2.96 bits per heavy atom. The Labute approximate surface area is 151 Å². The third kappa shape index (κ3) is 2.65. The van der Waals surface area contributed by atoms with Crippen LogP contribution in [0.25, 0.3) is 0 Å². The lowest BCUT2D eigenvalue weighted by atomic mass is 9.81. The first-order valence-electron chi connectivity index (χ1n) is 8.81. The molecule has 0 bridgehead atoms. The number of nitrogens with zero attached hydrogens (tertiary/aromatic N) is 4. The third-order valence-electron chi connectivity index (χ3n) is 5.12. The van der Waals surface area contributed by atoms with Crippen LogP contribution in [-0.2, 0) is 10.2 Å². The number of aromatic nitrogens is 3. The summed E-state index contributed by atoms with van der Waals surface area (Å²) in [4.78, 5) is 19.4. The smallest absolute Gasteiger partial charge is 0.259 e. The first kappa shape index (κ1) is 17.0. The predicted molar refractivity (Wildman–Crippen MR) is 91.1 cm³/mol. The highest BCUT2D eigenvalue weighted by atomic mass is 16.5. The summed E-state index contributed by atoms with van der Waals surface area (Å²) in [5, 5.41) is 8.17. The quantitative estimate of drug-likeness (QED) is 0.818. The molecule has 8 nitrogen and oxygen atoms in total. The van der Waals surface area contributed by atoms with Gasteiger partial charge in [0.1, 0.15) is 5.56 Å². The molecule has 0 radical (unpaired) electrons. The monoisotopic (exact) mass is 358 g/mol. The topological polar surface area (TPSA) is 90.6 Å². The third-order valence-corrected chi connectivity index (χ3v) is 5.12. The summed E-state index contributed by atoms with van der Waals surface area (Å²) in [7, 11) is 0. The minimum absolute atomic E-state index is 0.0917. The molecular formula is C18H22N4O4. The number of likely N-dealkylation sites (tertiary alicyclic amines) is 1. The molecule has 8 heteroatoms. The summed E-state index contributed by atoms with van der Waals surface area (Å²) in [5.41, 5.74) is 0.866. The minimum atomic E-state index is -0.430. The summed E-state index contributed by atoms with van der Waals surface area (Å²) in [6.45, 7) is 8.10. The van der Waals surface area contributed by atoms with Crippen LogP contribution in [0.3, 0.4) is 0 Å². The van der Waals surface area contributed by atoms with Crippen molar-refractivity contribution in [1.29, 1.82) is 0 Å². The summed E-state index contributed by atoms with van der Waals surface area (Å²) in [6.07, 6.45) is 0. The van der Waals surface area contributed by atoms with Crippen molar-refractivity contribution < 1.29 is 18.7 Å². The van der Waals surface area contributed by atoms with Crippen LogP contribution in [0.15, 0.2) is 16.5 Å². The van der Waals surface area contributed by atoms with Crippen LogP contribution in [-0.4, -0.2) is 58.9 Å². The van der Waals surface area contributed by atoms with E-state index in [9.17, 15) is 4.79 Å².